The molecular formula is C21H21N3O2S. The first-order valence-electron chi connectivity index (χ1n) is 8.64. The summed E-state index contributed by atoms with van der Waals surface area (Å²) in [4.78, 5) is 29.4. The number of carbonyl (C=O) groups is 2. The predicted molar refractivity (Wildman–Crippen MR) is 108 cm³/mol. The number of carbonyl (C=O) groups excluding carboxylic acids is 2. The van der Waals surface area contributed by atoms with Gasteiger partial charge in [-0.05, 0) is 31.5 Å². The topological polar surface area (TPSA) is 71.1 Å². The smallest absolute Gasteiger partial charge is 0.251 e. The molecule has 27 heavy (non-hydrogen) atoms. The summed E-state index contributed by atoms with van der Waals surface area (Å²) < 4.78 is 0. The van der Waals surface area contributed by atoms with Crippen molar-refractivity contribution in [1.82, 2.24) is 10.3 Å². The van der Waals surface area contributed by atoms with E-state index in [2.05, 4.69) is 40.7 Å². The van der Waals surface area contributed by atoms with E-state index in [-0.39, 0.29) is 18.4 Å². The summed E-state index contributed by atoms with van der Waals surface area (Å²) in [5, 5.41) is 5.88. The fraction of sp³-hybridized carbons (Fsp3) is 0.190. The fourth-order valence-electron chi connectivity index (χ4n) is 2.60. The molecular weight excluding hydrogens is 358 g/mol. The highest BCUT2D eigenvalue weighted by Gasteiger charge is 2.10. The number of aryl methyl sites for hydroxylation is 2. The molecule has 0 bridgehead atoms. The molecule has 0 aliphatic heterocycles. The van der Waals surface area contributed by atoms with E-state index in [4.69, 9.17) is 0 Å². The van der Waals surface area contributed by atoms with Gasteiger partial charge in [-0.1, -0.05) is 47.5 Å². The molecule has 0 saturated heterocycles. The fourth-order valence-corrected chi connectivity index (χ4v) is 3.46. The van der Waals surface area contributed by atoms with Crippen molar-refractivity contribution in [2.45, 2.75) is 20.3 Å². The number of thiazole rings is 1. The molecule has 0 saturated carbocycles. The summed E-state index contributed by atoms with van der Waals surface area (Å²) in [6, 6.07) is 15.5. The van der Waals surface area contributed by atoms with Gasteiger partial charge in [-0.25, -0.2) is 4.98 Å². The average Bonchev–Trinajstić information content (AvgIpc) is 3.07. The van der Waals surface area contributed by atoms with E-state index in [1.165, 1.54) is 22.5 Å². The molecule has 0 unspecified atom stereocenters. The number of benzene rings is 2. The molecule has 3 aromatic rings. The zero-order valence-corrected chi connectivity index (χ0v) is 16.1. The van der Waals surface area contributed by atoms with Crippen LogP contribution in [-0.4, -0.2) is 23.3 Å². The van der Waals surface area contributed by atoms with Crippen LogP contribution in [0, 0.1) is 13.8 Å². The first-order chi connectivity index (χ1) is 13.0. The Morgan fingerprint density at radius 2 is 1.81 bits per heavy atom. The van der Waals surface area contributed by atoms with Gasteiger partial charge in [-0.3, -0.25) is 9.59 Å². The Bertz CT molecular complexity index is 948. The molecule has 2 aromatic carbocycles. The third kappa shape index (κ3) is 5.49. The van der Waals surface area contributed by atoms with E-state index in [9.17, 15) is 9.59 Å². The molecule has 5 nitrogen and oxygen atoms in total. The summed E-state index contributed by atoms with van der Waals surface area (Å²) in [5.41, 5.74) is 4.04. The molecule has 2 N–H and O–H groups in total. The predicted octanol–water partition coefficient (Wildman–Crippen LogP) is 3.72. The summed E-state index contributed by atoms with van der Waals surface area (Å²) >= 11 is 1.44. The van der Waals surface area contributed by atoms with Gasteiger partial charge in [0.1, 0.15) is 0 Å². The van der Waals surface area contributed by atoms with Crippen LogP contribution in [0.15, 0.2) is 54.7 Å². The first-order valence-corrected chi connectivity index (χ1v) is 9.46. The molecule has 1 heterocycles. The van der Waals surface area contributed by atoms with Crippen molar-refractivity contribution in [1.29, 1.82) is 0 Å². The normalized spacial score (nSPS) is 10.4. The van der Waals surface area contributed by atoms with E-state index in [0.717, 1.165) is 16.9 Å². The van der Waals surface area contributed by atoms with Crippen molar-refractivity contribution in [3.63, 3.8) is 0 Å². The van der Waals surface area contributed by atoms with Crippen molar-refractivity contribution in [2.24, 2.45) is 0 Å². The second-order valence-corrected chi connectivity index (χ2v) is 7.51. The minimum absolute atomic E-state index is 0.0977. The van der Waals surface area contributed by atoms with Gasteiger partial charge < -0.3 is 10.6 Å². The third-order valence-electron chi connectivity index (χ3n) is 3.98. The lowest BCUT2D eigenvalue weighted by Gasteiger charge is -2.05. The number of aromatic nitrogens is 1. The second-order valence-electron chi connectivity index (χ2n) is 6.39. The molecule has 138 valence electrons. The summed E-state index contributed by atoms with van der Waals surface area (Å²) in [7, 11) is 0. The highest BCUT2D eigenvalue weighted by Crippen LogP contribution is 2.21. The molecule has 3 rings (SSSR count). The lowest BCUT2D eigenvalue weighted by molar-refractivity contribution is -0.115. The lowest BCUT2D eigenvalue weighted by atomic mass is 10.1. The molecule has 1 aromatic heterocycles. The van der Waals surface area contributed by atoms with E-state index in [1.807, 2.05) is 25.1 Å². The standard InChI is InChI=1S/C21H21N3O2S/c1-14-6-8-17(9-7-14)20(26)22-13-19(25)24-21-23-12-18(27-21)11-16-5-3-4-15(2)10-16/h3-10,12H,11,13H2,1-2H3,(H,22,26)(H,23,24,25). The number of anilines is 1. The van der Waals surface area contributed by atoms with Crippen LogP contribution in [0.5, 0.6) is 0 Å². The van der Waals surface area contributed by atoms with Crippen LogP contribution >= 0.6 is 11.3 Å². The van der Waals surface area contributed by atoms with Gasteiger partial charge in [0.15, 0.2) is 5.13 Å². The quantitative estimate of drug-likeness (QED) is 0.686. The maximum atomic E-state index is 12.1. The maximum Gasteiger partial charge on any atom is 0.251 e. The molecule has 0 atom stereocenters. The Hall–Kier alpha value is -2.99. The van der Waals surface area contributed by atoms with Crippen LogP contribution < -0.4 is 10.6 Å². The summed E-state index contributed by atoms with van der Waals surface area (Å²) in [6.07, 6.45) is 2.55. The van der Waals surface area contributed by atoms with Crippen LogP contribution in [-0.2, 0) is 11.2 Å². The van der Waals surface area contributed by atoms with Crippen molar-refractivity contribution >= 4 is 28.3 Å². The highest BCUT2D eigenvalue weighted by atomic mass is 32.1. The maximum absolute atomic E-state index is 12.1. The molecule has 0 radical (unpaired) electrons. The van der Waals surface area contributed by atoms with Gasteiger partial charge in [0, 0.05) is 23.1 Å². The molecule has 0 spiro atoms. The van der Waals surface area contributed by atoms with Crippen molar-refractivity contribution in [3.8, 4) is 0 Å². The zero-order valence-electron chi connectivity index (χ0n) is 15.3. The lowest BCUT2D eigenvalue weighted by Crippen LogP contribution is -2.32. The molecule has 0 fully saturated rings. The van der Waals surface area contributed by atoms with Gasteiger partial charge in [-0.15, -0.1) is 11.3 Å². The average molecular weight is 379 g/mol. The number of amides is 2. The Morgan fingerprint density at radius 1 is 1.04 bits per heavy atom. The van der Waals surface area contributed by atoms with Gasteiger partial charge in [0.25, 0.3) is 5.91 Å². The van der Waals surface area contributed by atoms with E-state index >= 15 is 0 Å². The van der Waals surface area contributed by atoms with Gasteiger partial charge in [0.2, 0.25) is 5.91 Å². The number of nitrogens with one attached hydrogen (secondary N) is 2. The Labute approximate surface area is 162 Å². The van der Waals surface area contributed by atoms with Gasteiger partial charge >= 0.3 is 0 Å². The van der Waals surface area contributed by atoms with Crippen LogP contribution in [0.4, 0.5) is 5.13 Å². The number of hydrogen-bond donors (Lipinski definition) is 2. The molecule has 0 aliphatic carbocycles. The van der Waals surface area contributed by atoms with Crippen LogP contribution in [0.25, 0.3) is 0 Å². The van der Waals surface area contributed by atoms with Crippen molar-refractivity contribution in [2.75, 3.05) is 11.9 Å². The van der Waals surface area contributed by atoms with Crippen LogP contribution in [0.1, 0.15) is 31.9 Å². The minimum atomic E-state index is -0.299. The SMILES string of the molecule is Cc1ccc(C(=O)NCC(=O)Nc2ncc(Cc3cccc(C)c3)s2)cc1. The van der Waals surface area contributed by atoms with Crippen molar-refractivity contribution in [3.05, 3.63) is 81.9 Å². The second kappa shape index (κ2) is 8.60. The van der Waals surface area contributed by atoms with E-state index in [1.54, 1.807) is 18.3 Å². The number of hydrogen-bond acceptors (Lipinski definition) is 4. The van der Waals surface area contributed by atoms with Gasteiger partial charge in [0.05, 0.1) is 6.54 Å². The molecule has 0 aliphatic rings. The molecule has 2 amide bonds. The van der Waals surface area contributed by atoms with Crippen LogP contribution in [0.2, 0.25) is 0 Å². The minimum Gasteiger partial charge on any atom is -0.343 e. The highest BCUT2D eigenvalue weighted by molar-refractivity contribution is 7.15. The zero-order chi connectivity index (χ0) is 19.2. The largest absolute Gasteiger partial charge is 0.343 e. The molecule has 6 heteroatoms. The summed E-state index contributed by atoms with van der Waals surface area (Å²) in [6.45, 7) is 3.92. The third-order valence-corrected chi connectivity index (χ3v) is 4.90. The van der Waals surface area contributed by atoms with E-state index < -0.39 is 0 Å². The summed E-state index contributed by atoms with van der Waals surface area (Å²) in [5.74, 6) is -0.573. The van der Waals surface area contributed by atoms with Crippen molar-refractivity contribution < 1.29 is 9.59 Å². The van der Waals surface area contributed by atoms with E-state index in [0.29, 0.717) is 10.7 Å². The Morgan fingerprint density at radius 3 is 2.56 bits per heavy atom. The monoisotopic (exact) mass is 379 g/mol. The first kappa shape index (κ1) is 18.8. The number of rotatable bonds is 6. The Balaban J connectivity index is 1.50. The van der Waals surface area contributed by atoms with Crippen LogP contribution in [0.3, 0.4) is 0 Å². The van der Waals surface area contributed by atoms with Gasteiger partial charge in [-0.2, -0.15) is 0 Å². The number of nitrogens with zero attached hydrogens (tertiary/aromatic N) is 1. The Kier molecular flexibility index (Phi) is 5.98.